The first-order valence-electron chi connectivity index (χ1n) is 3.21. The summed E-state index contributed by atoms with van der Waals surface area (Å²) in [6.07, 6.45) is 4.37. The molecule has 0 aromatic carbocycles. The fraction of sp³-hybridized carbons (Fsp3) is 0.857. The molecule has 8 heavy (non-hydrogen) atoms. The molecule has 48 valence electrons. The van der Waals surface area contributed by atoms with Gasteiger partial charge in [0.1, 0.15) is 0 Å². The van der Waals surface area contributed by atoms with Crippen molar-refractivity contribution in [3.8, 4) is 0 Å². The molecule has 0 saturated heterocycles. The van der Waals surface area contributed by atoms with Crippen molar-refractivity contribution in [3.63, 3.8) is 0 Å². The fourth-order valence-corrected chi connectivity index (χ4v) is 0.452. The molecule has 0 amide bonds. The molecule has 0 N–H and O–H groups in total. The van der Waals surface area contributed by atoms with Gasteiger partial charge in [-0.25, -0.2) is 0 Å². The molecule has 0 aromatic heterocycles. The zero-order valence-corrected chi connectivity index (χ0v) is 6.02. The summed E-state index contributed by atoms with van der Waals surface area (Å²) in [5.41, 5.74) is 0. The molecule has 1 heteroatoms. The van der Waals surface area contributed by atoms with Crippen LogP contribution in [0.3, 0.4) is 0 Å². The molecule has 0 aromatic rings. The molecule has 0 spiro atoms. The Kier molecular flexibility index (Phi) is 4.62. The zero-order valence-electron chi connectivity index (χ0n) is 6.02. The van der Waals surface area contributed by atoms with Crippen molar-refractivity contribution < 1.29 is 0 Å². The summed E-state index contributed by atoms with van der Waals surface area (Å²) in [6.45, 7) is 4.44. The quantitative estimate of drug-likeness (QED) is 0.497. The van der Waals surface area contributed by atoms with Gasteiger partial charge >= 0.3 is 0 Å². The number of hydrogen-bond donors (Lipinski definition) is 0. The minimum Gasteiger partial charge on any atom is -0.301 e. The van der Waals surface area contributed by atoms with Gasteiger partial charge in [-0.05, 0) is 18.6 Å². The Morgan fingerprint density at radius 3 is 2.62 bits per heavy atom. The Morgan fingerprint density at radius 1 is 1.62 bits per heavy atom. The van der Waals surface area contributed by atoms with Crippen LogP contribution in [0.2, 0.25) is 0 Å². The molecular formula is C7H15N. The lowest BCUT2D eigenvalue weighted by Crippen LogP contribution is -1.91. The van der Waals surface area contributed by atoms with Crippen LogP contribution in [0.15, 0.2) is 4.99 Å². The predicted molar refractivity (Wildman–Crippen MR) is 38.5 cm³/mol. The van der Waals surface area contributed by atoms with Crippen LogP contribution >= 0.6 is 0 Å². The van der Waals surface area contributed by atoms with Crippen LogP contribution in [-0.4, -0.2) is 13.3 Å². The van der Waals surface area contributed by atoms with E-state index < -0.39 is 0 Å². The molecule has 0 radical (unpaired) electrons. The van der Waals surface area contributed by atoms with Crippen molar-refractivity contribution in [1.29, 1.82) is 0 Å². The third kappa shape index (κ3) is 3.85. The topological polar surface area (TPSA) is 12.4 Å². The normalized spacial score (nSPS) is 14.9. The lowest BCUT2D eigenvalue weighted by molar-refractivity contribution is 0.591. The molecule has 1 atom stereocenters. The van der Waals surface area contributed by atoms with Gasteiger partial charge in [0.05, 0.1) is 0 Å². The second kappa shape index (κ2) is 4.82. The minimum absolute atomic E-state index is 0.804. The van der Waals surface area contributed by atoms with Gasteiger partial charge < -0.3 is 4.99 Å². The second-order valence-corrected chi connectivity index (χ2v) is 2.19. The molecule has 1 unspecified atom stereocenters. The van der Waals surface area contributed by atoms with E-state index >= 15 is 0 Å². The van der Waals surface area contributed by atoms with Crippen molar-refractivity contribution in [2.75, 3.05) is 7.05 Å². The summed E-state index contributed by atoms with van der Waals surface area (Å²) < 4.78 is 0. The maximum absolute atomic E-state index is 3.90. The predicted octanol–water partition coefficient (Wildman–Crippen LogP) is 2.12. The highest BCUT2D eigenvalue weighted by Gasteiger charge is 1.92. The van der Waals surface area contributed by atoms with E-state index in [9.17, 15) is 0 Å². The van der Waals surface area contributed by atoms with Crippen LogP contribution in [-0.2, 0) is 0 Å². The van der Waals surface area contributed by atoms with Gasteiger partial charge in [-0.2, -0.15) is 0 Å². The first-order valence-corrected chi connectivity index (χ1v) is 3.21. The number of hydrogen-bond acceptors (Lipinski definition) is 1. The maximum Gasteiger partial charge on any atom is 0.0273 e. The third-order valence-electron chi connectivity index (χ3n) is 1.39. The van der Waals surface area contributed by atoms with Crippen molar-refractivity contribution in [3.05, 3.63) is 0 Å². The van der Waals surface area contributed by atoms with E-state index in [0.29, 0.717) is 0 Å². The SMILES string of the molecule is CCC(C)CC=NC. The Labute approximate surface area is 51.8 Å². The second-order valence-electron chi connectivity index (χ2n) is 2.19. The largest absolute Gasteiger partial charge is 0.301 e. The molecule has 1 nitrogen and oxygen atoms in total. The molecule has 0 aliphatic rings. The molecule has 0 bridgehead atoms. The van der Waals surface area contributed by atoms with Crippen LogP contribution in [0.4, 0.5) is 0 Å². The van der Waals surface area contributed by atoms with Crippen LogP contribution in [0.5, 0.6) is 0 Å². The number of rotatable bonds is 3. The number of nitrogens with zero attached hydrogens (tertiary/aromatic N) is 1. The van der Waals surface area contributed by atoms with E-state index in [1.54, 1.807) is 0 Å². The minimum atomic E-state index is 0.804. The highest BCUT2D eigenvalue weighted by molar-refractivity contribution is 5.57. The lowest BCUT2D eigenvalue weighted by Gasteiger charge is -2.00. The standard InChI is InChI=1S/C7H15N/c1-4-7(2)5-6-8-3/h6-7H,4-5H2,1-3H3. The Balaban J connectivity index is 3.10. The smallest absolute Gasteiger partial charge is 0.0273 e. The Morgan fingerprint density at radius 2 is 2.25 bits per heavy atom. The first kappa shape index (κ1) is 7.67. The van der Waals surface area contributed by atoms with E-state index in [2.05, 4.69) is 18.8 Å². The number of aliphatic imine (C=N–C) groups is 1. The molecule has 0 fully saturated rings. The summed E-state index contributed by atoms with van der Waals surface area (Å²) in [5.74, 6) is 0.804. The van der Waals surface area contributed by atoms with Crippen LogP contribution in [0, 0.1) is 5.92 Å². The third-order valence-corrected chi connectivity index (χ3v) is 1.39. The Bertz CT molecular complexity index is 66.8. The van der Waals surface area contributed by atoms with Gasteiger partial charge in [-0.1, -0.05) is 20.3 Å². The van der Waals surface area contributed by atoms with Crippen molar-refractivity contribution in [2.24, 2.45) is 10.9 Å². The van der Waals surface area contributed by atoms with Gasteiger partial charge in [0.15, 0.2) is 0 Å². The van der Waals surface area contributed by atoms with E-state index in [1.165, 1.54) is 6.42 Å². The van der Waals surface area contributed by atoms with Crippen LogP contribution < -0.4 is 0 Å². The summed E-state index contributed by atoms with van der Waals surface area (Å²) >= 11 is 0. The van der Waals surface area contributed by atoms with Gasteiger partial charge in [-0.3, -0.25) is 0 Å². The monoisotopic (exact) mass is 113 g/mol. The van der Waals surface area contributed by atoms with E-state index in [0.717, 1.165) is 12.3 Å². The Hall–Kier alpha value is -0.330. The molecular weight excluding hydrogens is 98.1 g/mol. The lowest BCUT2D eigenvalue weighted by atomic mass is 10.1. The van der Waals surface area contributed by atoms with Crippen LogP contribution in [0.25, 0.3) is 0 Å². The van der Waals surface area contributed by atoms with Crippen molar-refractivity contribution in [1.82, 2.24) is 0 Å². The van der Waals surface area contributed by atoms with E-state index in [1.807, 2.05) is 13.3 Å². The average molecular weight is 113 g/mol. The molecule has 0 heterocycles. The van der Waals surface area contributed by atoms with E-state index in [-0.39, 0.29) is 0 Å². The molecule has 0 saturated carbocycles. The van der Waals surface area contributed by atoms with Crippen molar-refractivity contribution in [2.45, 2.75) is 26.7 Å². The average Bonchev–Trinajstić information content (AvgIpc) is 1.83. The zero-order chi connectivity index (χ0) is 6.41. The maximum atomic E-state index is 3.90. The molecule has 0 rings (SSSR count). The summed E-state index contributed by atoms with van der Waals surface area (Å²) in [6, 6.07) is 0. The van der Waals surface area contributed by atoms with Gasteiger partial charge in [0.25, 0.3) is 0 Å². The summed E-state index contributed by atoms with van der Waals surface area (Å²) in [5, 5.41) is 0. The fourth-order valence-electron chi connectivity index (χ4n) is 0.452. The highest BCUT2D eigenvalue weighted by Crippen LogP contribution is 2.02. The van der Waals surface area contributed by atoms with Gasteiger partial charge in [0, 0.05) is 7.05 Å². The van der Waals surface area contributed by atoms with Crippen molar-refractivity contribution >= 4 is 6.21 Å². The molecule has 0 aliphatic heterocycles. The first-order chi connectivity index (χ1) is 3.81. The highest BCUT2D eigenvalue weighted by atomic mass is 14.6. The molecule has 0 aliphatic carbocycles. The van der Waals surface area contributed by atoms with Gasteiger partial charge in [0.2, 0.25) is 0 Å². The summed E-state index contributed by atoms with van der Waals surface area (Å²) in [4.78, 5) is 3.90. The van der Waals surface area contributed by atoms with Crippen LogP contribution in [0.1, 0.15) is 26.7 Å². The van der Waals surface area contributed by atoms with E-state index in [4.69, 9.17) is 0 Å². The summed E-state index contributed by atoms with van der Waals surface area (Å²) in [7, 11) is 1.82. The van der Waals surface area contributed by atoms with Gasteiger partial charge in [-0.15, -0.1) is 0 Å².